The van der Waals surface area contributed by atoms with Gasteiger partial charge < -0.3 is 19.9 Å². The molecule has 2 amide bonds. The van der Waals surface area contributed by atoms with Crippen LogP contribution in [0.5, 0.6) is 5.75 Å². The smallest absolute Gasteiger partial charge is 0.260 e. The van der Waals surface area contributed by atoms with E-state index in [0.717, 1.165) is 30.0 Å². The molecule has 6 nitrogen and oxygen atoms in total. The highest BCUT2D eigenvalue weighted by molar-refractivity contribution is 6.30. The molecule has 140 valence electrons. The number of ether oxygens (including phenoxy) is 1. The predicted molar refractivity (Wildman–Crippen MR) is 105 cm³/mol. The SMILES string of the molecule is O=C1Cc2cc(N3CCN(C(=O)COc4ccc(Cl)cc4)CC3)ccc2N1. The molecule has 2 aliphatic rings. The van der Waals surface area contributed by atoms with Gasteiger partial charge in [-0.15, -0.1) is 0 Å². The molecule has 0 aliphatic carbocycles. The number of amides is 2. The minimum absolute atomic E-state index is 0.0200. The summed E-state index contributed by atoms with van der Waals surface area (Å²) in [7, 11) is 0. The van der Waals surface area contributed by atoms with Crippen LogP contribution in [0.2, 0.25) is 5.02 Å². The third-order valence-electron chi connectivity index (χ3n) is 4.89. The fourth-order valence-corrected chi connectivity index (χ4v) is 3.52. The molecule has 2 aromatic rings. The third-order valence-corrected chi connectivity index (χ3v) is 5.14. The van der Waals surface area contributed by atoms with Gasteiger partial charge >= 0.3 is 0 Å². The number of nitrogens with one attached hydrogen (secondary N) is 1. The summed E-state index contributed by atoms with van der Waals surface area (Å²) in [6.07, 6.45) is 0.434. The Morgan fingerprint density at radius 3 is 2.56 bits per heavy atom. The van der Waals surface area contributed by atoms with E-state index in [0.29, 0.717) is 30.3 Å². The maximum absolute atomic E-state index is 12.4. The van der Waals surface area contributed by atoms with Crippen molar-refractivity contribution in [1.29, 1.82) is 0 Å². The zero-order chi connectivity index (χ0) is 18.8. The van der Waals surface area contributed by atoms with Crippen molar-refractivity contribution in [3.8, 4) is 5.75 Å². The molecule has 2 aliphatic heterocycles. The molecule has 0 spiro atoms. The van der Waals surface area contributed by atoms with Gasteiger partial charge in [-0.25, -0.2) is 0 Å². The van der Waals surface area contributed by atoms with Crippen molar-refractivity contribution in [2.75, 3.05) is 43.0 Å². The number of hydrogen-bond acceptors (Lipinski definition) is 4. The van der Waals surface area contributed by atoms with Gasteiger partial charge in [-0.1, -0.05) is 11.6 Å². The fourth-order valence-electron chi connectivity index (χ4n) is 3.39. The standard InChI is InChI=1S/C20H20ClN3O3/c21-15-1-4-17(5-2-15)27-13-20(26)24-9-7-23(8-10-24)16-3-6-18-14(11-16)12-19(25)22-18/h1-6,11H,7-10,12-13H2,(H,22,25). The van der Waals surface area contributed by atoms with Gasteiger partial charge in [0, 0.05) is 42.6 Å². The molecule has 0 bridgehead atoms. The van der Waals surface area contributed by atoms with Crippen molar-refractivity contribution in [3.63, 3.8) is 0 Å². The number of anilines is 2. The topological polar surface area (TPSA) is 61.9 Å². The van der Waals surface area contributed by atoms with Crippen LogP contribution in [0.25, 0.3) is 0 Å². The second-order valence-corrected chi connectivity index (χ2v) is 7.11. The molecule has 0 aromatic heterocycles. The maximum atomic E-state index is 12.4. The van der Waals surface area contributed by atoms with Gasteiger partial charge in [-0.05, 0) is 48.0 Å². The number of piperazine rings is 1. The fraction of sp³-hybridized carbons (Fsp3) is 0.300. The quantitative estimate of drug-likeness (QED) is 0.878. The van der Waals surface area contributed by atoms with Gasteiger partial charge in [0.25, 0.3) is 5.91 Å². The Bertz CT molecular complexity index is 861. The van der Waals surface area contributed by atoms with E-state index in [2.05, 4.69) is 16.3 Å². The first-order valence-electron chi connectivity index (χ1n) is 8.92. The van der Waals surface area contributed by atoms with Crippen molar-refractivity contribution in [1.82, 2.24) is 4.90 Å². The molecular formula is C20H20ClN3O3. The Labute approximate surface area is 162 Å². The number of fused-ring (bicyclic) bond motifs is 1. The van der Waals surface area contributed by atoms with Crippen LogP contribution in [0, 0.1) is 0 Å². The summed E-state index contributed by atoms with van der Waals surface area (Å²) in [5.41, 5.74) is 3.03. The summed E-state index contributed by atoms with van der Waals surface area (Å²) in [5, 5.41) is 3.48. The Balaban J connectivity index is 1.29. The van der Waals surface area contributed by atoms with Crippen LogP contribution in [0.3, 0.4) is 0 Å². The van der Waals surface area contributed by atoms with Crippen molar-refractivity contribution in [3.05, 3.63) is 53.1 Å². The average molecular weight is 386 g/mol. The summed E-state index contributed by atoms with van der Waals surface area (Å²) in [6.45, 7) is 2.84. The number of carbonyl (C=O) groups excluding carboxylic acids is 2. The van der Waals surface area contributed by atoms with Gasteiger partial charge in [-0.2, -0.15) is 0 Å². The second-order valence-electron chi connectivity index (χ2n) is 6.68. The van der Waals surface area contributed by atoms with Crippen molar-refractivity contribution in [2.24, 2.45) is 0 Å². The first-order valence-corrected chi connectivity index (χ1v) is 9.30. The normalized spacial score (nSPS) is 16.1. The van der Waals surface area contributed by atoms with Gasteiger partial charge in [0.2, 0.25) is 5.91 Å². The van der Waals surface area contributed by atoms with Crippen LogP contribution >= 0.6 is 11.6 Å². The number of rotatable bonds is 4. The lowest BCUT2D eigenvalue weighted by atomic mass is 10.1. The van der Waals surface area contributed by atoms with Crippen LogP contribution in [0.4, 0.5) is 11.4 Å². The predicted octanol–water partition coefficient (Wildman–Crippen LogP) is 2.56. The van der Waals surface area contributed by atoms with Gasteiger partial charge in [0.05, 0.1) is 6.42 Å². The highest BCUT2D eigenvalue weighted by Crippen LogP contribution is 2.28. The highest BCUT2D eigenvalue weighted by atomic mass is 35.5. The molecule has 4 rings (SSSR count). The van der Waals surface area contributed by atoms with E-state index in [1.165, 1.54) is 0 Å². The Kier molecular flexibility index (Phi) is 4.90. The van der Waals surface area contributed by atoms with Crippen molar-refractivity contribution < 1.29 is 14.3 Å². The Hall–Kier alpha value is -2.73. The number of nitrogens with zero attached hydrogens (tertiary/aromatic N) is 2. The van der Waals surface area contributed by atoms with Crippen molar-refractivity contribution in [2.45, 2.75) is 6.42 Å². The molecule has 27 heavy (non-hydrogen) atoms. The molecule has 7 heteroatoms. The van der Waals surface area contributed by atoms with E-state index < -0.39 is 0 Å². The van der Waals surface area contributed by atoms with E-state index in [1.807, 2.05) is 17.0 Å². The molecule has 1 N–H and O–H groups in total. The summed E-state index contributed by atoms with van der Waals surface area (Å²) < 4.78 is 5.55. The van der Waals surface area contributed by atoms with Crippen LogP contribution in [-0.4, -0.2) is 49.5 Å². The third kappa shape index (κ3) is 4.01. The zero-order valence-corrected chi connectivity index (χ0v) is 15.5. The summed E-state index contributed by atoms with van der Waals surface area (Å²) in [6, 6.07) is 13.0. The summed E-state index contributed by atoms with van der Waals surface area (Å²) in [4.78, 5) is 27.9. The molecule has 1 fully saturated rings. The number of hydrogen-bond donors (Lipinski definition) is 1. The molecule has 0 unspecified atom stereocenters. The largest absolute Gasteiger partial charge is 0.484 e. The minimum atomic E-state index is -0.0200. The maximum Gasteiger partial charge on any atom is 0.260 e. The highest BCUT2D eigenvalue weighted by Gasteiger charge is 2.23. The number of carbonyl (C=O) groups is 2. The van der Waals surface area contributed by atoms with Gasteiger partial charge in [-0.3, -0.25) is 9.59 Å². The van der Waals surface area contributed by atoms with Crippen LogP contribution in [0.15, 0.2) is 42.5 Å². The summed E-state index contributed by atoms with van der Waals surface area (Å²) >= 11 is 5.84. The molecule has 1 saturated heterocycles. The molecular weight excluding hydrogens is 366 g/mol. The molecule has 0 saturated carbocycles. The average Bonchev–Trinajstić information content (AvgIpc) is 3.06. The molecule has 0 radical (unpaired) electrons. The molecule has 2 aromatic carbocycles. The van der Waals surface area contributed by atoms with E-state index in [4.69, 9.17) is 16.3 Å². The lowest BCUT2D eigenvalue weighted by molar-refractivity contribution is -0.133. The van der Waals surface area contributed by atoms with Crippen LogP contribution in [-0.2, 0) is 16.0 Å². The lowest BCUT2D eigenvalue weighted by Crippen LogP contribution is -2.50. The first kappa shape index (κ1) is 17.7. The summed E-state index contributed by atoms with van der Waals surface area (Å²) in [5.74, 6) is 0.652. The Morgan fingerprint density at radius 2 is 1.81 bits per heavy atom. The lowest BCUT2D eigenvalue weighted by Gasteiger charge is -2.36. The molecule has 0 atom stereocenters. The van der Waals surface area contributed by atoms with E-state index in [1.54, 1.807) is 24.3 Å². The van der Waals surface area contributed by atoms with E-state index >= 15 is 0 Å². The van der Waals surface area contributed by atoms with E-state index in [-0.39, 0.29) is 18.4 Å². The van der Waals surface area contributed by atoms with E-state index in [9.17, 15) is 9.59 Å². The monoisotopic (exact) mass is 385 g/mol. The number of halogens is 1. The van der Waals surface area contributed by atoms with Gasteiger partial charge in [0.1, 0.15) is 5.75 Å². The Morgan fingerprint density at radius 1 is 1.07 bits per heavy atom. The first-order chi connectivity index (χ1) is 13.1. The van der Waals surface area contributed by atoms with Crippen LogP contribution in [0.1, 0.15) is 5.56 Å². The minimum Gasteiger partial charge on any atom is -0.484 e. The zero-order valence-electron chi connectivity index (χ0n) is 14.8. The molecule has 2 heterocycles. The van der Waals surface area contributed by atoms with Crippen LogP contribution < -0.4 is 15.0 Å². The second kappa shape index (κ2) is 7.48. The number of benzene rings is 2. The van der Waals surface area contributed by atoms with Crippen molar-refractivity contribution >= 4 is 34.8 Å². The van der Waals surface area contributed by atoms with Gasteiger partial charge in [0.15, 0.2) is 6.61 Å².